The summed E-state index contributed by atoms with van der Waals surface area (Å²) >= 11 is 0. The summed E-state index contributed by atoms with van der Waals surface area (Å²) in [7, 11) is 0. The second-order valence-corrected chi connectivity index (χ2v) is 8.42. The summed E-state index contributed by atoms with van der Waals surface area (Å²) in [6, 6.07) is 11.8. The first-order valence-corrected chi connectivity index (χ1v) is 11.3. The lowest BCUT2D eigenvalue weighted by molar-refractivity contribution is -0.139. The molecule has 1 aliphatic rings. The molecule has 0 aliphatic carbocycles. The van der Waals surface area contributed by atoms with Crippen molar-refractivity contribution in [3.05, 3.63) is 53.3 Å². The van der Waals surface area contributed by atoms with Gasteiger partial charge in [0.2, 0.25) is 0 Å². The molecule has 1 fully saturated rings. The quantitative estimate of drug-likeness (QED) is 0.541. The second-order valence-electron chi connectivity index (χ2n) is 8.42. The van der Waals surface area contributed by atoms with E-state index < -0.39 is 5.97 Å². The third-order valence-corrected chi connectivity index (χ3v) is 5.94. The van der Waals surface area contributed by atoms with Crippen LogP contribution in [-0.4, -0.2) is 51.8 Å². The average Bonchev–Trinajstić information content (AvgIpc) is 3.11. The Morgan fingerprint density at radius 2 is 1.81 bits per heavy atom. The molecule has 32 heavy (non-hydrogen) atoms. The lowest BCUT2D eigenvalue weighted by Gasteiger charge is -2.26. The first kappa shape index (κ1) is 22.1. The molecule has 0 saturated carbocycles. The van der Waals surface area contributed by atoms with Crippen LogP contribution in [0.1, 0.15) is 36.2 Å². The van der Waals surface area contributed by atoms with Crippen LogP contribution in [0.2, 0.25) is 0 Å². The van der Waals surface area contributed by atoms with E-state index in [1.807, 2.05) is 18.2 Å². The van der Waals surface area contributed by atoms with Gasteiger partial charge in [-0.25, -0.2) is 9.78 Å². The van der Waals surface area contributed by atoms with Crippen LogP contribution in [0.4, 0.5) is 0 Å². The van der Waals surface area contributed by atoms with Crippen molar-refractivity contribution in [3.8, 4) is 11.5 Å². The minimum atomic E-state index is -0.995. The van der Waals surface area contributed by atoms with Crippen molar-refractivity contribution in [3.63, 3.8) is 0 Å². The van der Waals surface area contributed by atoms with E-state index in [2.05, 4.69) is 35.4 Å². The normalized spacial score (nSPS) is 14.6. The fraction of sp³-hybridized carbons (Fsp3) is 0.440. The summed E-state index contributed by atoms with van der Waals surface area (Å²) < 4.78 is 13.7. The van der Waals surface area contributed by atoms with Gasteiger partial charge < -0.3 is 19.1 Å². The smallest absolute Gasteiger partial charge is 0.341 e. The molecule has 7 heteroatoms. The number of hydrogen-bond acceptors (Lipinski definition) is 5. The molecular weight excluding hydrogens is 406 g/mol. The van der Waals surface area contributed by atoms with Crippen LogP contribution < -0.4 is 9.47 Å². The number of fused-ring (bicyclic) bond motifs is 1. The molecule has 1 saturated heterocycles. The topological polar surface area (TPSA) is 76.8 Å². The number of aromatic nitrogens is 2. The first-order chi connectivity index (χ1) is 15.5. The maximum Gasteiger partial charge on any atom is 0.341 e. The Morgan fingerprint density at radius 3 is 2.53 bits per heavy atom. The SMILES string of the molecule is Cc1cccc(C)c1OCCn1c(CN2CCCCC2)nc2cc(OCC(=O)O)ccc21. The fourth-order valence-electron chi connectivity index (χ4n) is 4.35. The standard InChI is InChI=1S/C25H31N3O4/c1-18-7-6-8-19(2)25(18)31-14-13-28-22-10-9-20(32-17-24(29)30)15-21(22)26-23(28)16-27-11-4-3-5-12-27/h6-10,15H,3-5,11-14,16-17H2,1-2H3,(H,29,30). The number of likely N-dealkylation sites (tertiary alicyclic amines) is 1. The maximum atomic E-state index is 10.8. The number of carboxylic acid groups (broad SMARTS) is 1. The number of nitrogens with zero attached hydrogens (tertiary/aromatic N) is 3. The molecule has 1 aromatic heterocycles. The van der Waals surface area contributed by atoms with Gasteiger partial charge in [-0.15, -0.1) is 0 Å². The van der Waals surface area contributed by atoms with Gasteiger partial charge in [0, 0.05) is 6.07 Å². The van der Waals surface area contributed by atoms with E-state index in [1.54, 1.807) is 6.07 Å². The van der Waals surface area contributed by atoms with E-state index in [-0.39, 0.29) is 6.61 Å². The van der Waals surface area contributed by atoms with Crippen molar-refractivity contribution < 1.29 is 19.4 Å². The van der Waals surface area contributed by atoms with Crippen LogP contribution in [0.5, 0.6) is 11.5 Å². The highest BCUT2D eigenvalue weighted by molar-refractivity contribution is 5.78. The molecule has 7 nitrogen and oxygen atoms in total. The van der Waals surface area contributed by atoms with E-state index in [0.29, 0.717) is 18.9 Å². The Hall–Kier alpha value is -3.06. The summed E-state index contributed by atoms with van der Waals surface area (Å²) in [5.41, 5.74) is 4.08. The highest BCUT2D eigenvalue weighted by Gasteiger charge is 2.17. The number of imidazole rings is 1. The molecule has 1 N–H and O–H groups in total. The minimum Gasteiger partial charge on any atom is -0.491 e. The number of carbonyl (C=O) groups is 1. The van der Waals surface area contributed by atoms with E-state index in [4.69, 9.17) is 19.6 Å². The molecule has 0 unspecified atom stereocenters. The Kier molecular flexibility index (Phi) is 6.95. The number of hydrogen-bond donors (Lipinski definition) is 1. The van der Waals surface area contributed by atoms with Crippen LogP contribution >= 0.6 is 0 Å². The van der Waals surface area contributed by atoms with Gasteiger partial charge in [-0.2, -0.15) is 0 Å². The van der Waals surface area contributed by atoms with Gasteiger partial charge in [-0.3, -0.25) is 4.90 Å². The average molecular weight is 438 g/mol. The lowest BCUT2D eigenvalue weighted by Crippen LogP contribution is -2.30. The Morgan fingerprint density at radius 1 is 1.06 bits per heavy atom. The van der Waals surface area contributed by atoms with Gasteiger partial charge in [-0.1, -0.05) is 24.6 Å². The molecule has 1 aliphatic heterocycles. The van der Waals surface area contributed by atoms with Gasteiger partial charge in [0.15, 0.2) is 6.61 Å². The van der Waals surface area contributed by atoms with Crippen LogP contribution in [0.3, 0.4) is 0 Å². The molecule has 0 radical (unpaired) electrons. The summed E-state index contributed by atoms with van der Waals surface area (Å²) in [5, 5.41) is 8.88. The fourth-order valence-corrected chi connectivity index (χ4v) is 4.35. The largest absolute Gasteiger partial charge is 0.491 e. The van der Waals surface area contributed by atoms with Crippen molar-refractivity contribution in [2.24, 2.45) is 0 Å². The van der Waals surface area contributed by atoms with E-state index in [0.717, 1.165) is 53.4 Å². The number of piperidine rings is 1. The van der Waals surface area contributed by atoms with Crippen molar-refractivity contribution in [2.45, 2.75) is 46.2 Å². The molecule has 0 amide bonds. The van der Waals surface area contributed by atoms with Crippen LogP contribution in [0.15, 0.2) is 36.4 Å². The summed E-state index contributed by atoms with van der Waals surface area (Å²) in [5.74, 6) is 1.46. The number of aliphatic carboxylic acids is 1. The summed E-state index contributed by atoms with van der Waals surface area (Å²) in [6.07, 6.45) is 3.74. The molecular formula is C25H31N3O4. The third-order valence-electron chi connectivity index (χ3n) is 5.94. The zero-order valence-corrected chi connectivity index (χ0v) is 18.8. The Balaban J connectivity index is 1.56. The molecule has 4 rings (SSSR count). The number of carboxylic acids is 1. The molecule has 0 atom stereocenters. The zero-order chi connectivity index (χ0) is 22.5. The van der Waals surface area contributed by atoms with Gasteiger partial charge in [-0.05, 0) is 63.0 Å². The predicted molar refractivity (Wildman–Crippen MR) is 123 cm³/mol. The van der Waals surface area contributed by atoms with Crippen molar-refractivity contribution in [1.29, 1.82) is 0 Å². The van der Waals surface area contributed by atoms with Crippen LogP contribution in [-0.2, 0) is 17.9 Å². The van der Waals surface area contributed by atoms with Gasteiger partial charge in [0.25, 0.3) is 0 Å². The third kappa shape index (κ3) is 5.22. The maximum absolute atomic E-state index is 10.8. The highest BCUT2D eigenvalue weighted by Crippen LogP contribution is 2.25. The first-order valence-electron chi connectivity index (χ1n) is 11.3. The predicted octanol–water partition coefficient (Wildman–Crippen LogP) is 4.18. The number of ether oxygens (including phenoxy) is 2. The molecule has 3 aromatic rings. The number of rotatable bonds is 9. The monoisotopic (exact) mass is 437 g/mol. The molecule has 0 bridgehead atoms. The van der Waals surface area contributed by atoms with Crippen LogP contribution in [0, 0.1) is 13.8 Å². The van der Waals surface area contributed by atoms with E-state index >= 15 is 0 Å². The summed E-state index contributed by atoms with van der Waals surface area (Å²) in [4.78, 5) is 18.2. The van der Waals surface area contributed by atoms with Crippen molar-refractivity contribution >= 4 is 17.0 Å². The molecule has 2 aromatic carbocycles. The van der Waals surface area contributed by atoms with E-state index in [1.165, 1.54) is 19.3 Å². The Bertz CT molecular complexity index is 1070. The van der Waals surface area contributed by atoms with Gasteiger partial charge >= 0.3 is 5.97 Å². The van der Waals surface area contributed by atoms with Gasteiger partial charge in [0.1, 0.15) is 23.9 Å². The second kappa shape index (κ2) is 10.0. The number of benzene rings is 2. The van der Waals surface area contributed by atoms with Gasteiger partial charge in [0.05, 0.1) is 24.1 Å². The molecule has 2 heterocycles. The minimum absolute atomic E-state index is 0.365. The highest BCUT2D eigenvalue weighted by atomic mass is 16.5. The summed E-state index contributed by atoms with van der Waals surface area (Å²) in [6.45, 7) is 7.97. The number of para-hydroxylation sites is 1. The van der Waals surface area contributed by atoms with Crippen LogP contribution in [0.25, 0.3) is 11.0 Å². The molecule has 170 valence electrons. The number of aryl methyl sites for hydroxylation is 2. The molecule has 0 spiro atoms. The zero-order valence-electron chi connectivity index (χ0n) is 18.8. The van der Waals surface area contributed by atoms with E-state index in [9.17, 15) is 4.79 Å². The Labute approximate surface area is 188 Å². The van der Waals surface area contributed by atoms with Crippen molar-refractivity contribution in [2.75, 3.05) is 26.3 Å². The van der Waals surface area contributed by atoms with Crippen molar-refractivity contribution in [1.82, 2.24) is 14.5 Å². The lowest BCUT2D eigenvalue weighted by atomic mass is 10.1.